The molecule has 5 heteroatoms. The average Bonchev–Trinajstić information content (AvgIpc) is 2.46. The minimum Gasteiger partial charge on any atom is -0.387 e. The predicted molar refractivity (Wildman–Crippen MR) is 78.8 cm³/mol. The maximum absolute atomic E-state index is 12.3. The number of nitrogens with zero attached hydrogens (tertiary/aromatic N) is 1. The number of nitrogens with one attached hydrogen (secondary N) is 2. The second kappa shape index (κ2) is 5.79. The number of anilines is 1. The van der Waals surface area contributed by atoms with Gasteiger partial charge in [-0.2, -0.15) is 0 Å². The fraction of sp³-hybridized carbons (Fsp3) is 0.600. The first-order valence-corrected chi connectivity index (χ1v) is 7.05. The van der Waals surface area contributed by atoms with Crippen molar-refractivity contribution in [3.05, 3.63) is 24.0 Å². The number of rotatable bonds is 5. The van der Waals surface area contributed by atoms with Crippen molar-refractivity contribution in [2.24, 2.45) is 5.41 Å². The van der Waals surface area contributed by atoms with E-state index in [1.807, 2.05) is 6.92 Å². The summed E-state index contributed by atoms with van der Waals surface area (Å²) in [7, 11) is 1.80. The fourth-order valence-corrected chi connectivity index (χ4v) is 2.64. The largest absolute Gasteiger partial charge is 0.387 e. The summed E-state index contributed by atoms with van der Waals surface area (Å²) in [6.45, 7) is 6.96. The number of carbonyl (C=O) groups excluding carboxylic acids is 1. The maximum atomic E-state index is 12.3. The van der Waals surface area contributed by atoms with Gasteiger partial charge in [-0.05, 0) is 19.4 Å². The van der Waals surface area contributed by atoms with Crippen molar-refractivity contribution in [1.82, 2.24) is 10.3 Å². The number of aromatic nitrogens is 1. The summed E-state index contributed by atoms with van der Waals surface area (Å²) in [5.41, 5.74) is 1.33. The van der Waals surface area contributed by atoms with Crippen molar-refractivity contribution in [2.75, 3.05) is 19.0 Å². The molecule has 1 saturated carbocycles. The molecule has 1 aliphatic rings. The van der Waals surface area contributed by atoms with Crippen molar-refractivity contribution in [2.45, 2.75) is 39.3 Å². The number of amides is 1. The van der Waals surface area contributed by atoms with Gasteiger partial charge >= 0.3 is 0 Å². The van der Waals surface area contributed by atoms with Crippen LogP contribution in [0.15, 0.2) is 18.5 Å². The molecule has 0 spiro atoms. The van der Waals surface area contributed by atoms with Crippen molar-refractivity contribution in [3.8, 4) is 0 Å². The minimum absolute atomic E-state index is 0.0340. The van der Waals surface area contributed by atoms with Crippen LogP contribution in [0.4, 0.5) is 5.69 Å². The highest BCUT2D eigenvalue weighted by atomic mass is 16.5. The topological polar surface area (TPSA) is 63.2 Å². The third-order valence-corrected chi connectivity index (χ3v) is 4.19. The van der Waals surface area contributed by atoms with Gasteiger partial charge in [-0.3, -0.25) is 9.78 Å². The Hall–Kier alpha value is -1.62. The standard InChI is InChI=1S/C15H23N3O2/c1-5-20-13-8-12(15(13,2)3)18-14(19)10-9-17-7-6-11(10)16-4/h6-7,9,12-13H,5,8H2,1-4H3,(H,16,17)(H,18,19). The summed E-state index contributed by atoms with van der Waals surface area (Å²) in [4.78, 5) is 16.4. The molecule has 0 aromatic carbocycles. The van der Waals surface area contributed by atoms with Gasteiger partial charge in [-0.1, -0.05) is 13.8 Å². The molecule has 1 fully saturated rings. The Morgan fingerprint density at radius 2 is 2.30 bits per heavy atom. The molecular weight excluding hydrogens is 254 g/mol. The Morgan fingerprint density at radius 3 is 2.90 bits per heavy atom. The van der Waals surface area contributed by atoms with E-state index in [0.717, 1.165) is 12.1 Å². The monoisotopic (exact) mass is 277 g/mol. The Balaban J connectivity index is 2.03. The van der Waals surface area contributed by atoms with Crippen LogP contribution in [0, 0.1) is 5.41 Å². The smallest absolute Gasteiger partial charge is 0.255 e. The van der Waals surface area contributed by atoms with Crippen LogP contribution in [0.5, 0.6) is 0 Å². The molecule has 1 aromatic rings. The first-order valence-electron chi connectivity index (χ1n) is 7.05. The molecule has 0 aliphatic heterocycles. The van der Waals surface area contributed by atoms with Crippen LogP contribution in [0.3, 0.4) is 0 Å². The van der Waals surface area contributed by atoms with Crippen molar-refractivity contribution in [1.29, 1.82) is 0 Å². The van der Waals surface area contributed by atoms with Gasteiger partial charge in [0.1, 0.15) is 0 Å². The van der Waals surface area contributed by atoms with E-state index < -0.39 is 0 Å². The summed E-state index contributed by atoms with van der Waals surface area (Å²) in [6, 6.07) is 1.93. The molecule has 2 N–H and O–H groups in total. The lowest BCUT2D eigenvalue weighted by molar-refractivity contribution is -0.111. The second-order valence-electron chi connectivity index (χ2n) is 5.70. The van der Waals surface area contributed by atoms with Gasteiger partial charge in [0.05, 0.1) is 11.7 Å². The zero-order chi connectivity index (χ0) is 14.8. The van der Waals surface area contributed by atoms with E-state index in [9.17, 15) is 4.79 Å². The zero-order valence-electron chi connectivity index (χ0n) is 12.6. The summed E-state index contributed by atoms with van der Waals surface area (Å²) >= 11 is 0. The summed E-state index contributed by atoms with van der Waals surface area (Å²) in [6.07, 6.45) is 4.34. The molecule has 2 rings (SSSR count). The lowest BCUT2D eigenvalue weighted by Gasteiger charge is -2.51. The summed E-state index contributed by atoms with van der Waals surface area (Å²) in [5.74, 6) is -0.0875. The second-order valence-corrected chi connectivity index (χ2v) is 5.70. The summed E-state index contributed by atoms with van der Waals surface area (Å²) < 4.78 is 5.68. The van der Waals surface area contributed by atoms with Gasteiger partial charge in [-0.15, -0.1) is 0 Å². The number of hydrogen-bond donors (Lipinski definition) is 2. The molecule has 2 unspecified atom stereocenters. The van der Waals surface area contributed by atoms with E-state index in [2.05, 4.69) is 29.5 Å². The molecule has 1 aliphatic carbocycles. The average molecular weight is 277 g/mol. The highest BCUT2D eigenvalue weighted by Crippen LogP contribution is 2.42. The van der Waals surface area contributed by atoms with E-state index in [1.165, 1.54) is 0 Å². The molecule has 1 heterocycles. The van der Waals surface area contributed by atoms with Crippen molar-refractivity contribution < 1.29 is 9.53 Å². The molecular formula is C15H23N3O2. The van der Waals surface area contributed by atoms with Gasteiger partial charge < -0.3 is 15.4 Å². The molecule has 110 valence electrons. The molecule has 1 amide bonds. The Morgan fingerprint density at radius 1 is 1.55 bits per heavy atom. The number of hydrogen-bond acceptors (Lipinski definition) is 4. The third-order valence-electron chi connectivity index (χ3n) is 4.19. The molecule has 0 saturated heterocycles. The normalized spacial score (nSPS) is 23.8. The van der Waals surface area contributed by atoms with Gasteiger partial charge in [0.2, 0.25) is 0 Å². The van der Waals surface area contributed by atoms with Gasteiger partial charge in [-0.25, -0.2) is 0 Å². The molecule has 5 nitrogen and oxygen atoms in total. The van der Waals surface area contributed by atoms with Crippen molar-refractivity contribution >= 4 is 11.6 Å². The lowest BCUT2D eigenvalue weighted by atomic mass is 9.64. The number of pyridine rings is 1. The molecule has 0 radical (unpaired) electrons. The highest BCUT2D eigenvalue weighted by Gasteiger charge is 2.49. The van der Waals surface area contributed by atoms with E-state index in [0.29, 0.717) is 12.2 Å². The minimum atomic E-state index is -0.0875. The molecule has 0 bridgehead atoms. The highest BCUT2D eigenvalue weighted by molar-refractivity contribution is 5.99. The van der Waals surface area contributed by atoms with Crippen LogP contribution < -0.4 is 10.6 Å². The third kappa shape index (κ3) is 2.63. The van der Waals surface area contributed by atoms with E-state index in [1.54, 1.807) is 25.5 Å². The van der Waals surface area contributed by atoms with Gasteiger partial charge in [0.15, 0.2) is 0 Å². The van der Waals surface area contributed by atoms with Gasteiger partial charge in [0.25, 0.3) is 5.91 Å². The van der Waals surface area contributed by atoms with E-state index in [4.69, 9.17) is 4.74 Å². The number of carbonyl (C=O) groups is 1. The zero-order valence-corrected chi connectivity index (χ0v) is 12.6. The van der Waals surface area contributed by atoms with Crippen LogP contribution in [-0.4, -0.2) is 36.7 Å². The number of ether oxygens (including phenoxy) is 1. The maximum Gasteiger partial charge on any atom is 0.255 e. The molecule has 1 aromatic heterocycles. The Kier molecular flexibility index (Phi) is 4.28. The predicted octanol–water partition coefficient (Wildman–Crippen LogP) is 2.06. The first-order chi connectivity index (χ1) is 9.50. The van der Waals surface area contributed by atoms with Crippen LogP contribution in [0.2, 0.25) is 0 Å². The van der Waals surface area contributed by atoms with Gasteiger partial charge in [0, 0.05) is 43.2 Å². The first kappa shape index (κ1) is 14.8. The van der Waals surface area contributed by atoms with Crippen LogP contribution in [0.1, 0.15) is 37.6 Å². The molecule has 20 heavy (non-hydrogen) atoms. The lowest BCUT2D eigenvalue weighted by Crippen LogP contribution is -2.62. The van der Waals surface area contributed by atoms with E-state index >= 15 is 0 Å². The Bertz CT molecular complexity index is 488. The van der Waals surface area contributed by atoms with Crippen molar-refractivity contribution in [3.63, 3.8) is 0 Å². The van der Waals surface area contributed by atoms with E-state index in [-0.39, 0.29) is 23.5 Å². The van der Waals surface area contributed by atoms with Crippen LogP contribution in [0.25, 0.3) is 0 Å². The SMILES string of the molecule is CCOC1CC(NC(=O)c2cnccc2NC)C1(C)C. The molecule has 2 atom stereocenters. The summed E-state index contributed by atoms with van der Waals surface area (Å²) in [5, 5.41) is 6.10. The van der Waals surface area contributed by atoms with Crippen LogP contribution in [-0.2, 0) is 4.74 Å². The Labute approximate surface area is 120 Å². The fourth-order valence-electron chi connectivity index (χ4n) is 2.64. The van der Waals surface area contributed by atoms with Crippen LogP contribution >= 0.6 is 0 Å². The quantitative estimate of drug-likeness (QED) is 0.864.